The number of ether oxygens (including phenoxy) is 3. The summed E-state index contributed by atoms with van der Waals surface area (Å²) in [4.78, 5) is 29.7. The molecule has 0 fully saturated rings. The van der Waals surface area contributed by atoms with Crippen molar-refractivity contribution in [2.24, 2.45) is 5.10 Å². The zero-order valence-electron chi connectivity index (χ0n) is 19.9. The summed E-state index contributed by atoms with van der Waals surface area (Å²) in [6.07, 6.45) is 2.16. The molecule has 0 aliphatic carbocycles. The molecule has 8 nitrogen and oxygen atoms in total. The summed E-state index contributed by atoms with van der Waals surface area (Å²) < 4.78 is 18.2. The van der Waals surface area contributed by atoms with Crippen molar-refractivity contribution in [3.05, 3.63) is 62.6 Å². The minimum Gasteiger partial charge on any atom is -0.493 e. The molecule has 0 saturated heterocycles. The molecule has 3 rings (SSSR count). The number of methoxy groups -OCH3 is 1. The van der Waals surface area contributed by atoms with Crippen LogP contribution in [0.2, 0.25) is 0 Å². The first kappa shape index (κ1) is 25.4. The number of rotatable bonds is 9. The van der Waals surface area contributed by atoms with Gasteiger partial charge in [-0.1, -0.05) is 29.8 Å². The van der Waals surface area contributed by atoms with E-state index >= 15 is 0 Å². The lowest BCUT2D eigenvalue weighted by Crippen LogP contribution is -2.23. The van der Waals surface area contributed by atoms with Crippen LogP contribution in [-0.2, 0) is 9.53 Å². The topological polar surface area (TPSA) is 92.0 Å². The van der Waals surface area contributed by atoms with Crippen LogP contribution in [0, 0.1) is 0 Å². The Morgan fingerprint density at radius 1 is 1.18 bits per heavy atom. The summed E-state index contributed by atoms with van der Waals surface area (Å²) in [7, 11) is 1.51. The summed E-state index contributed by atoms with van der Waals surface area (Å²) in [6, 6.07) is 10.6. The van der Waals surface area contributed by atoms with Gasteiger partial charge in [0.1, 0.15) is 5.82 Å². The highest BCUT2D eigenvalue weighted by molar-refractivity contribution is 9.10. The second-order valence-corrected chi connectivity index (χ2v) is 8.96. The molecule has 0 aliphatic rings. The number of hydrogen-bond donors (Lipinski definition) is 0. The van der Waals surface area contributed by atoms with Gasteiger partial charge in [0.15, 0.2) is 18.1 Å². The summed E-state index contributed by atoms with van der Waals surface area (Å²) in [5.74, 6) is 0.990. The van der Waals surface area contributed by atoms with Crippen LogP contribution in [0.5, 0.6) is 11.5 Å². The molecular formula is C25H28BrN3O5. The molecule has 1 atom stereocenters. The highest BCUT2D eigenvalue weighted by atomic mass is 79.9. The van der Waals surface area contributed by atoms with Crippen molar-refractivity contribution in [2.75, 3.05) is 13.7 Å². The number of carbonyl (C=O) groups is 1. The Morgan fingerprint density at radius 2 is 1.94 bits per heavy atom. The predicted molar refractivity (Wildman–Crippen MR) is 135 cm³/mol. The monoisotopic (exact) mass is 529 g/mol. The van der Waals surface area contributed by atoms with E-state index in [1.54, 1.807) is 44.3 Å². The third kappa shape index (κ3) is 6.02. The van der Waals surface area contributed by atoms with Crippen LogP contribution < -0.4 is 15.0 Å². The number of halogens is 1. The molecule has 34 heavy (non-hydrogen) atoms. The van der Waals surface area contributed by atoms with Gasteiger partial charge in [0.2, 0.25) is 0 Å². The molecule has 0 bridgehead atoms. The molecule has 0 saturated carbocycles. The minimum absolute atomic E-state index is 0.0359. The average molecular weight is 530 g/mol. The molecular weight excluding hydrogens is 502 g/mol. The van der Waals surface area contributed by atoms with E-state index in [2.05, 4.69) is 21.0 Å². The molecule has 0 spiro atoms. The highest BCUT2D eigenvalue weighted by Gasteiger charge is 2.16. The molecule has 9 heteroatoms. The second kappa shape index (κ2) is 11.3. The van der Waals surface area contributed by atoms with Crippen molar-refractivity contribution < 1.29 is 19.0 Å². The number of hydrogen-bond acceptors (Lipinski definition) is 7. The predicted octanol–water partition coefficient (Wildman–Crippen LogP) is 4.89. The van der Waals surface area contributed by atoms with Crippen LogP contribution in [0.3, 0.4) is 0 Å². The maximum atomic E-state index is 13.2. The van der Waals surface area contributed by atoms with E-state index < -0.39 is 5.97 Å². The second-order valence-electron chi connectivity index (χ2n) is 8.04. The van der Waals surface area contributed by atoms with E-state index in [4.69, 9.17) is 19.2 Å². The van der Waals surface area contributed by atoms with E-state index in [-0.39, 0.29) is 24.2 Å². The van der Waals surface area contributed by atoms with Crippen molar-refractivity contribution >= 4 is 39.0 Å². The number of nitrogens with zero attached hydrogens (tertiary/aromatic N) is 3. The summed E-state index contributed by atoms with van der Waals surface area (Å²) >= 11 is 3.41. The first-order chi connectivity index (χ1) is 16.2. The summed E-state index contributed by atoms with van der Waals surface area (Å²) in [5.41, 5.74) is 1.08. The lowest BCUT2D eigenvalue weighted by Gasteiger charge is -2.14. The smallest absolute Gasteiger partial charge is 0.344 e. The minimum atomic E-state index is -0.463. The Bertz CT molecular complexity index is 1270. The molecule has 0 N–H and O–H groups in total. The van der Waals surface area contributed by atoms with E-state index in [1.807, 2.05) is 26.0 Å². The van der Waals surface area contributed by atoms with Crippen molar-refractivity contribution in [2.45, 2.75) is 46.1 Å². The largest absolute Gasteiger partial charge is 0.493 e. The Balaban J connectivity index is 1.94. The zero-order chi connectivity index (χ0) is 24.8. The van der Waals surface area contributed by atoms with Gasteiger partial charge < -0.3 is 14.2 Å². The van der Waals surface area contributed by atoms with Gasteiger partial charge in [-0.2, -0.15) is 9.78 Å². The Morgan fingerprint density at radius 3 is 2.62 bits per heavy atom. The van der Waals surface area contributed by atoms with Crippen LogP contribution >= 0.6 is 15.9 Å². The summed E-state index contributed by atoms with van der Waals surface area (Å²) in [6.45, 7) is 7.37. The molecule has 3 aromatic rings. The number of aromatic nitrogens is 2. The van der Waals surface area contributed by atoms with Crippen LogP contribution in [-0.4, -0.2) is 41.7 Å². The van der Waals surface area contributed by atoms with Gasteiger partial charge in [0, 0.05) is 10.4 Å². The fourth-order valence-electron chi connectivity index (χ4n) is 3.22. The maximum Gasteiger partial charge on any atom is 0.344 e. The molecule has 0 aliphatic heterocycles. The molecule has 0 amide bonds. The first-order valence-corrected chi connectivity index (χ1v) is 11.8. The SMILES string of the molecule is CC[C@@H](C)c1nc2ccc(Br)cc2c(=O)n1N=Cc1ccc(OCC(=O)OC(C)C)c(OC)c1. The van der Waals surface area contributed by atoms with Gasteiger partial charge in [-0.15, -0.1) is 0 Å². The fraction of sp³-hybridized carbons (Fsp3) is 0.360. The summed E-state index contributed by atoms with van der Waals surface area (Å²) in [5, 5.41) is 4.95. The molecule has 0 unspecified atom stereocenters. The maximum absolute atomic E-state index is 13.2. The Hall–Kier alpha value is -3.20. The molecule has 0 radical (unpaired) electrons. The Kier molecular flexibility index (Phi) is 8.44. The lowest BCUT2D eigenvalue weighted by molar-refractivity contribution is -0.149. The van der Waals surface area contributed by atoms with E-state index in [1.165, 1.54) is 11.8 Å². The van der Waals surface area contributed by atoms with E-state index in [0.717, 1.165) is 10.9 Å². The number of carbonyl (C=O) groups excluding carboxylic acids is 1. The third-order valence-corrected chi connectivity index (χ3v) is 5.60. The van der Waals surface area contributed by atoms with E-state index in [0.29, 0.717) is 33.8 Å². The number of fused-ring (bicyclic) bond motifs is 1. The van der Waals surface area contributed by atoms with Gasteiger partial charge >= 0.3 is 5.97 Å². The van der Waals surface area contributed by atoms with Crippen LogP contribution in [0.1, 0.15) is 51.4 Å². The number of esters is 1. The van der Waals surface area contributed by atoms with Gasteiger partial charge in [0.25, 0.3) is 5.56 Å². The highest BCUT2D eigenvalue weighted by Crippen LogP contribution is 2.28. The lowest BCUT2D eigenvalue weighted by atomic mass is 10.1. The zero-order valence-corrected chi connectivity index (χ0v) is 21.5. The van der Waals surface area contributed by atoms with Crippen molar-refractivity contribution in [1.82, 2.24) is 9.66 Å². The quantitative estimate of drug-likeness (QED) is 0.289. The average Bonchev–Trinajstić information content (AvgIpc) is 2.81. The first-order valence-electron chi connectivity index (χ1n) is 11.0. The molecule has 1 aromatic heterocycles. The van der Waals surface area contributed by atoms with Crippen LogP contribution in [0.25, 0.3) is 10.9 Å². The van der Waals surface area contributed by atoms with Gasteiger partial charge in [-0.3, -0.25) is 4.79 Å². The number of benzene rings is 2. The van der Waals surface area contributed by atoms with Crippen LogP contribution in [0.15, 0.2) is 50.8 Å². The Labute approximate surface area is 206 Å². The van der Waals surface area contributed by atoms with Gasteiger partial charge in [-0.05, 0) is 62.2 Å². The molecule has 1 heterocycles. The van der Waals surface area contributed by atoms with Gasteiger partial charge in [-0.25, -0.2) is 9.78 Å². The van der Waals surface area contributed by atoms with Crippen molar-refractivity contribution in [3.8, 4) is 11.5 Å². The van der Waals surface area contributed by atoms with Crippen molar-refractivity contribution in [3.63, 3.8) is 0 Å². The van der Waals surface area contributed by atoms with Gasteiger partial charge in [0.05, 0.1) is 30.3 Å². The van der Waals surface area contributed by atoms with E-state index in [9.17, 15) is 9.59 Å². The third-order valence-electron chi connectivity index (χ3n) is 5.11. The van der Waals surface area contributed by atoms with Crippen LogP contribution in [0.4, 0.5) is 0 Å². The molecule has 180 valence electrons. The standard InChI is InChI=1S/C25H28BrN3O5/c1-6-16(4)24-28-20-9-8-18(26)12-19(20)25(31)29(24)27-13-17-7-10-21(22(11-17)32-5)33-14-23(30)34-15(2)3/h7-13,15-16H,6,14H2,1-5H3/t16-/m1/s1. The molecule has 2 aromatic carbocycles. The van der Waals surface area contributed by atoms with Crippen molar-refractivity contribution in [1.29, 1.82) is 0 Å². The fourth-order valence-corrected chi connectivity index (χ4v) is 3.58. The normalized spacial score (nSPS) is 12.3.